The number of carboxylic acids is 1. The summed E-state index contributed by atoms with van der Waals surface area (Å²) in [7, 11) is 1.37. The lowest BCUT2D eigenvalue weighted by Gasteiger charge is -2.16. The van der Waals surface area contributed by atoms with Crippen LogP contribution < -0.4 is 10.1 Å². The Kier molecular flexibility index (Phi) is 6.68. The largest absolute Gasteiger partial charge is 0.483 e. The minimum Gasteiger partial charge on any atom is -0.483 e. The van der Waals surface area contributed by atoms with Crippen molar-refractivity contribution in [2.45, 2.75) is 25.8 Å². The van der Waals surface area contributed by atoms with Gasteiger partial charge in [0.2, 0.25) is 0 Å². The number of methoxy groups -OCH3 is 1. The summed E-state index contributed by atoms with van der Waals surface area (Å²) in [5.41, 5.74) is 0.997. The topological polar surface area (TPSA) is 84.9 Å². The number of carbonyl (C=O) groups excluding carboxylic acids is 1. The molecule has 6 heteroatoms. The van der Waals surface area contributed by atoms with Gasteiger partial charge in [-0.2, -0.15) is 0 Å². The van der Waals surface area contributed by atoms with Gasteiger partial charge in [0.1, 0.15) is 5.75 Å². The lowest BCUT2D eigenvalue weighted by Crippen LogP contribution is -2.45. The molecule has 1 atom stereocenters. The first-order chi connectivity index (χ1) is 9.95. The second-order valence-electron chi connectivity index (χ2n) is 4.89. The van der Waals surface area contributed by atoms with Crippen LogP contribution in [0.3, 0.4) is 0 Å². The molecule has 0 aliphatic rings. The fourth-order valence-corrected chi connectivity index (χ4v) is 1.81. The van der Waals surface area contributed by atoms with Gasteiger partial charge in [-0.05, 0) is 17.5 Å². The molecule has 0 saturated heterocycles. The molecule has 6 nitrogen and oxygen atoms in total. The molecule has 0 aliphatic carbocycles. The Morgan fingerprint density at radius 2 is 1.95 bits per heavy atom. The number of ether oxygens (including phenoxy) is 2. The van der Waals surface area contributed by atoms with E-state index in [1.54, 1.807) is 6.07 Å². The van der Waals surface area contributed by atoms with Crippen molar-refractivity contribution in [2.75, 3.05) is 20.3 Å². The highest BCUT2D eigenvalue weighted by Gasteiger charge is 2.20. The molecule has 1 rings (SSSR count). The van der Waals surface area contributed by atoms with Crippen molar-refractivity contribution in [1.82, 2.24) is 5.32 Å². The van der Waals surface area contributed by atoms with Crippen LogP contribution in [-0.2, 0) is 14.3 Å². The number of rotatable bonds is 8. The van der Waals surface area contributed by atoms with E-state index in [9.17, 15) is 9.59 Å². The van der Waals surface area contributed by atoms with E-state index in [1.807, 2.05) is 32.0 Å². The summed E-state index contributed by atoms with van der Waals surface area (Å²) >= 11 is 0. The fraction of sp³-hybridized carbons (Fsp3) is 0.467. The molecule has 0 saturated carbocycles. The minimum absolute atomic E-state index is 0.0936. The van der Waals surface area contributed by atoms with Crippen molar-refractivity contribution in [3.8, 4) is 5.75 Å². The molecule has 0 heterocycles. The van der Waals surface area contributed by atoms with Gasteiger partial charge in [-0.3, -0.25) is 4.79 Å². The van der Waals surface area contributed by atoms with Crippen LogP contribution >= 0.6 is 0 Å². The summed E-state index contributed by atoms with van der Waals surface area (Å²) in [6.07, 6.45) is 0. The zero-order valence-electron chi connectivity index (χ0n) is 12.5. The molecule has 1 aromatic carbocycles. The molecule has 0 spiro atoms. The van der Waals surface area contributed by atoms with Gasteiger partial charge in [0, 0.05) is 7.11 Å². The molecule has 0 aliphatic heterocycles. The molecule has 0 fully saturated rings. The van der Waals surface area contributed by atoms with E-state index < -0.39 is 17.9 Å². The molecule has 2 N–H and O–H groups in total. The summed E-state index contributed by atoms with van der Waals surface area (Å²) in [4.78, 5) is 22.6. The van der Waals surface area contributed by atoms with Crippen LogP contribution in [0.15, 0.2) is 24.3 Å². The van der Waals surface area contributed by atoms with Crippen molar-refractivity contribution in [3.05, 3.63) is 29.8 Å². The Balaban J connectivity index is 2.59. The van der Waals surface area contributed by atoms with E-state index in [4.69, 9.17) is 14.6 Å². The quantitative estimate of drug-likeness (QED) is 0.757. The molecule has 1 amide bonds. The summed E-state index contributed by atoms with van der Waals surface area (Å²) in [6.45, 7) is 3.73. The zero-order chi connectivity index (χ0) is 15.8. The Morgan fingerprint density at radius 1 is 1.29 bits per heavy atom. The lowest BCUT2D eigenvalue weighted by atomic mass is 10.0. The Hall–Kier alpha value is -2.08. The molecule has 1 unspecified atom stereocenters. The van der Waals surface area contributed by atoms with E-state index in [0.717, 1.165) is 5.56 Å². The van der Waals surface area contributed by atoms with Crippen LogP contribution in [0.25, 0.3) is 0 Å². The highest BCUT2D eigenvalue weighted by molar-refractivity contribution is 5.84. The van der Waals surface area contributed by atoms with E-state index in [0.29, 0.717) is 5.75 Å². The smallest absolute Gasteiger partial charge is 0.328 e. The van der Waals surface area contributed by atoms with E-state index in [2.05, 4.69) is 5.32 Å². The predicted octanol–water partition coefficient (Wildman–Crippen LogP) is 1.40. The van der Waals surface area contributed by atoms with Crippen LogP contribution in [-0.4, -0.2) is 43.3 Å². The molecule has 116 valence electrons. The maximum Gasteiger partial charge on any atom is 0.328 e. The molecule has 21 heavy (non-hydrogen) atoms. The van der Waals surface area contributed by atoms with Gasteiger partial charge in [-0.1, -0.05) is 32.0 Å². The Bertz CT molecular complexity index is 487. The minimum atomic E-state index is -1.15. The Labute approximate surface area is 124 Å². The monoisotopic (exact) mass is 295 g/mol. The van der Waals surface area contributed by atoms with Gasteiger partial charge in [0.05, 0.1) is 6.61 Å². The predicted molar refractivity (Wildman–Crippen MR) is 77.5 cm³/mol. The number of carboxylic acid groups (broad SMARTS) is 1. The first-order valence-electron chi connectivity index (χ1n) is 6.68. The van der Waals surface area contributed by atoms with Crippen molar-refractivity contribution >= 4 is 11.9 Å². The summed E-state index contributed by atoms with van der Waals surface area (Å²) in [6, 6.07) is 6.37. The zero-order valence-corrected chi connectivity index (χ0v) is 12.5. The average molecular weight is 295 g/mol. The third kappa shape index (κ3) is 5.43. The first-order valence-corrected chi connectivity index (χ1v) is 6.68. The molecule has 0 radical (unpaired) electrons. The standard InChI is InChI=1S/C15H21NO5/c1-10(2)11-6-4-5-7-13(11)21-9-14(17)16-12(8-20-3)15(18)19/h4-7,10,12H,8-9H2,1-3H3,(H,16,17)(H,18,19). The van der Waals surface area contributed by atoms with Gasteiger partial charge in [0.15, 0.2) is 12.6 Å². The van der Waals surface area contributed by atoms with Gasteiger partial charge < -0.3 is 19.9 Å². The number of carbonyl (C=O) groups is 2. The van der Waals surface area contributed by atoms with Gasteiger partial charge in [-0.25, -0.2) is 4.79 Å². The maximum atomic E-state index is 11.7. The first kappa shape index (κ1) is 17.0. The van der Waals surface area contributed by atoms with E-state index in [-0.39, 0.29) is 19.1 Å². The number of hydrogen-bond donors (Lipinski definition) is 2. The molecular weight excluding hydrogens is 274 g/mol. The van der Waals surface area contributed by atoms with Gasteiger partial charge >= 0.3 is 5.97 Å². The second kappa shape index (κ2) is 8.26. The molecule has 0 aromatic heterocycles. The van der Waals surface area contributed by atoms with Crippen LogP contribution in [0.4, 0.5) is 0 Å². The highest BCUT2D eigenvalue weighted by Crippen LogP contribution is 2.25. The third-order valence-electron chi connectivity index (χ3n) is 2.87. The average Bonchev–Trinajstić information content (AvgIpc) is 2.44. The van der Waals surface area contributed by atoms with E-state index in [1.165, 1.54) is 7.11 Å². The highest BCUT2D eigenvalue weighted by atomic mass is 16.5. The number of amides is 1. The van der Waals surface area contributed by atoms with Crippen molar-refractivity contribution in [1.29, 1.82) is 0 Å². The normalized spacial score (nSPS) is 12.0. The van der Waals surface area contributed by atoms with Gasteiger partial charge in [-0.15, -0.1) is 0 Å². The Morgan fingerprint density at radius 3 is 2.52 bits per heavy atom. The summed E-state index contributed by atoms with van der Waals surface area (Å²) in [5.74, 6) is -0.753. The second-order valence-corrected chi connectivity index (χ2v) is 4.89. The van der Waals surface area contributed by atoms with E-state index >= 15 is 0 Å². The van der Waals surface area contributed by atoms with Crippen LogP contribution in [0.5, 0.6) is 5.75 Å². The van der Waals surface area contributed by atoms with Crippen molar-refractivity contribution in [2.24, 2.45) is 0 Å². The molecular formula is C15H21NO5. The fourth-order valence-electron chi connectivity index (χ4n) is 1.81. The van der Waals surface area contributed by atoms with Gasteiger partial charge in [0.25, 0.3) is 5.91 Å². The van der Waals surface area contributed by atoms with Crippen LogP contribution in [0.1, 0.15) is 25.3 Å². The number of benzene rings is 1. The van der Waals surface area contributed by atoms with Crippen molar-refractivity contribution < 1.29 is 24.2 Å². The SMILES string of the molecule is COCC(NC(=O)COc1ccccc1C(C)C)C(=O)O. The maximum absolute atomic E-state index is 11.7. The lowest BCUT2D eigenvalue weighted by molar-refractivity contribution is -0.143. The summed E-state index contributed by atoms with van der Waals surface area (Å²) in [5, 5.41) is 11.3. The molecule has 1 aromatic rings. The summed E-state index contributed by atoms with van der Waals surface area (Å²) < 4.78 is 10.2. The van der Waals surface area contributed by atoms with Crippen LogP contribution in [0.2, 0.25) is 0 Å². The number of nitrogens with one attached hydrogen (secondary N) is 1. The molecule has 0 bridgehead atoms. The van der Waals surface area contributed by atoms with Crippen molar-refractivity contribution in [3.63, 3.8) is 0 Å². The number of para-hydroxylation sites is 1. The third-order valence-corrected chi connectivity index (χ3v) is 2.87. The van der Waals surface area contributed by atoms with Crippen LogP contribution in [0, 0.1) is 0 Å². The number of hydrogen-bond acceptors (Lipinski definition) is 4. The number of aliphatic carboxylic acids is 1.